The summed E-state index contributed by atoms with van der Waals surface area (Å²) in [5.41, 5.74) is 1.12. The van der Waals surface area contributed by atoms with E-state index in [-0.39, 0.29) is 16.8 Å². The standard InChI is InChI=1S/C15H14ClFN2O2/c1-18-14(10-5-3-2-4-6-10)8-11-7-13(17)12(16)9-15(11)19(20)21/h2-7,9,14,18H,8H2,1H3. The van der Waals surface area contributed by atoms with Gasteiger partial charge in [-0.25, -0.2) is 4.39 Å². The van der Waals surface area contributed by atoms with E-state index in [4.69, 9.17) is 11.6 Å². The summed E-state index contributed by atoms with van der Waals surface area (Å²) >= 11 is 5.62. The molecule has 0 aliphatic rings. The highest BCUT2D eigenvalue weighted by molar-refractivity contribution is 6.31. The van der Waals surface area contributed by atoms with Gasteiger partial charge in [0.2, 0.25) is 0 Å². The van der Waals surface area contributed by atoms with Gasteiger partial charge in [-0.05, 0) is 25.1 Å². The Morgan fingerprint density at radius 1 is 1.33 bits per heavy atom. The van der Waals surface area contributed by atoms with Gasteiger partial charge in [-0.2, -0.15) is 0 Å². The quantitative estimate of drug-likeness (QED) is 0.673. The molecule has 0 heterocycles. The molecule has 4 nitrogen and oxygen atoms in total. The molecular formula is C15H14ClFN2O2. The average molecular weight is 309 g/mol. The monoisotopic (exact) mass is 308 g/mol. The number of hydrogen-bond donors (Lipinski definition) is 1. The number of likely N-dealkylation sites (N-methyl/N-ethyl adjacent to an activating group) is 1. The minimum absolute atomic E-state index is 0.148. The fourth-order valence-electron chi connectivity index (χ4n) is 2.20. The summed E-state index contributed by atoms with van der Waals surface area (Å²) < 4.78 is 13.6. The molecule has 2 aromatic carbocycles. The lowest BCUT2D eigenvalue weighted by Gasteiger charge is -2.17. The third-order valence-electron chi connectivity index (χ3n) is 3.29. The van der Waals surface area contributed by atoms with E-state index in [1.54, 1.807) is 7.05 Å². The van der Waals surface area contributed by atoms with Crippen molar-refractivity contribution >= 4 is 17.3 Å². The molecule has 2 aromatic rings. The molecule has 0 aliphatic carbocycles. The highest BCUT2D eigenvalue weighted by atomic mass is 35.5. The van der Waals surface area contributed by atoms with Crippen LogP contribution in [0.4, 0.5) is 10.1 Å². The summed E-state index contributed by atoms with van der Waals surface area (Å²) in [4.78, 5) is 10.6. The van der Waals surface area contributed by atoms with Gasteiger partial charge in [-0.1, -0.05) is 41.9 Å². The Hall–Kier alpha value is -1.98. The Morgan fingerprint density at radius 2 is 2.00 bits per heavy atom. The topological polar surface area (TPSA) is 55.2 Å². The molecule has 6 heteroatoms. The molecule has 2 rings (SSSR count). The Morgan fingerprint density at radius 3 is 2.57 bits per heavy atom. The first-order chi connectivity index (χ1) is 10.0. The lowest BCUT2D eigenvalue weighted by atomic mass is 9.98. The molecule has 110 valence electrons. The van der Waals surface area contributed by atoms with Gasteiger partial charge in [-0.15, -0.1) is 0 Å². The van der Waals surface area contributed by atoms with Crippen molar-refractivity contribution in [2.45, 2.75) is 12.5 Å². The van der Waals surface area contributed by atoms with E-state index < -0.39 is 10.7 Å². The SMILES string of the molecule is CNC(Cc1cc(F)c(Cl)cc1[N+](=O)[O-])c1ccccc1. The van der Waals surface area contributed by atoms with Crippen LogP contribution in [0, 0.1) is 15.9 Å². The number of nitro groups is 1. The zero-order chi connectivity index (χ0) is 15.4. The number of nitro benzene ring substituents is 1. The first kappa shape index (κ1) is 15.4. The number of nitrogens with one attached hydrogen (secondary N) is 1. The Balaban J connectivity index is 2.37. The summed E-state index contributed by atoms with van der Waals surface area (Å²) in [7, 11) is 1.76. The van der Waals surface area contributed by atoms with Crippen molar-refractivity contribution in [1.29, 1.82) is 0 Å². The predicted octanol–water partition coefficient (Wildman–Crippen LogP) is 3.89. The van der Waals surface area contributed by atoms with Crippen molar-refractivity contribution in [3.63, 3.8) is 0 Å². The minimum atomic E-state index is -0.653. The molecule has 0 fully saturated rings. The summed E-state index contributed by atoms with van der Waals surface area (Å²) in [5, 5.41) is 13.9. The second-order valence-corrected chi connectivity index (χ2v) is 5.02. The first-order valence-corrected chi connectivity index (χ1v) is 6.75. The fraction of sp³-hybridized carbons (Fsp3) is 0.200. The van der Waals surface area contributed by atoms with Gasteiger partial charge in [0.05, 0.1) is 9.95 Å². The first-order valence-electron chi connectivity index (χ1n) is 6.37. The molecule has 0 aromatic heterocycles. The number of nitrogens with zero attached hydrogens (tertiary/aromatic N) is 1. The normalized spacial score (nSPS) is 12.1. The van der Waals surface area contributed by atoms with Gasteiger partial charge >= 0.3 is 0 Å². The van der Waals surface area contributed by atoms with E-state index in [1.165, 1.54) is 0 Å². The molecule has 1 N–H and O–H groups in total. The van der Waals surface area contributed by atoms with Crippen LogP contribution in [0.15, 0.2) is 42.5 Å². The molecule has 1 atom stereocenters. The molecule has 21 heavy (non-hydrogen) atoms. The summed E-state index contributed by atoms with van der Waals surface area (Å²) in [5.74, 6) is -0.653. The van der Waals surface area contributed by atoms with E-state index in [0.29, 0.717) is 12.0 Å². The molecule has 0 radical (unpaired) electrons. The second kappa shape index (κ2) is 6.65. The van der Waals surface area contributed by atoms with Crippen LogP contribution in [0.1, 0.15) is 17.2 Å². The summed E-state index contributed by atoms with van der Waals surface area (Å²) in [6.45, 7) is 0. The minimum Gasteiger partial charge on any atom is -0.313 e. The van der Waals surface area contributed by atoms with Crippen LogP contribution in [0.25, 0.3) is 0 Å². The maximum atomic E-state index is 13.6. The van der Waals surface area contributed by atoms with Gasteiger partial charge in [0.15, 0.2) is 0 Å². The van der Waals surface area contributed by atoms with Crippen molar-refractivity contribution in [3.05, 3.63) is 74.5 Å². The van der Waals surface area contributed by atoms with Crippen molar-refractivity contribution in [2.24, 2.45) is 0 Å². The molecule has 0 aliphatic heterocycles. The Kier molecular flexibility index (Phi) is 4.88. The molecule has 0 saturated carbocycles. The van der Waals surface area contributed by atoms with Crippen molar-refractivity contribution in [3.8, 4) is 0 Å². The fourth-order valence-corrected chi connectivity index (χ4v) is 2.36. The number of hydrogen-bond acceptors (Lipinski definition) is 3. The Labute approximate surface area is 126 Å². The molecular weight excluding hydrogens is 295 g/mol. The highest BCUT2D eigenvalue weighted by Crippen LogP contribution is 2.29. The van der Waals surface area contributed by atoms with Crippen LogP contribution < -0.4 is 5.32 Å². The van der Waals surface area contributed by atoms with Crippen molar-refractivity contribution in [1.82, 2.24) is 5.32 Å². The van der Waals surface area contributed by atoms with Crippen LogP contribution in [0.3, 0.4) is 0 Å². The van der Waals surface area contributed by atoms with E-state index in [2.05, 4.69) is 5.32 Å². The van der Waals surface area contributed by atoms with Crippen LogP contribution in [-0.2, 0) is 6.42 Å². The van der Waals surface area contributed by atoms with E-state index in [1.807, 2.05) is 30.3 Å². The van der Waals surface area contributed by atoms with E-state index in [0.717, 1.165) is 17.7 Å². The Bertz CT molecular complexity index is 650. The third kappa shape index (κ3) is 3.56. The predicted molar refractivity (Wildman–Crippen MR) is 80.0 cm³/mol. The second-order valence-electron chi connectivity index (χ2n) is 4.61. The molecule has 0 bridgehead atoms. The van der Waals surface area contributed by atoms with Gasteiger partial charge in [-0.3, -0.25) is 10.1 Å². The molecule has 1 unspecified atom stereocenters. The van der Waals surface area contributed by atoms with Crippen LogP contribution >= 0.6 is 11.6 Å². The summed E-state index contributed by atoms with van der Waals surface area (Å²) in [6.07, 6.45) is 0.297. The van der Waals surface area contributed by atoms with Crippen LogP contribution in [-0.4, -0.2) is 12.0 Å². The van der Waals surface area contributed by atoms with Crippen molar-refractivity contribution in [2.75, 3.05) is 7.05 Å². The molecule has 0 amide bonds. The van der Waals surface area contributed by atoms with E-state index in [9.17, 15) is 14.5 Å². The number of benzene rings is 2. The van der Waals surface area contributed by atoms with Gasteiger partial charge in [0, 0.05) is 17.7 Å². The lowest BCUT2D eigenvalue weighted by Crippen LogP contribution is -2.19. The largest absolute Gasteiger partial charge is 0.313 e. The zero-order valence-electron chi connectivity index (χ0n) is 11.3. The number of halogens is 2. The zero-order valence-corrected chi connectivity index (χ0v) is 12.1. The summed E-state index contributed by atoms with van der Waals surface area (Å²) in [6, 6.07) is 11.5. The maximum absolute atomic E-state index is 13.6. The van der Waals surface area contributed by atoms with Gasteiger partial charge in [0.25, 0.3) is 5.69 Å². The van der Waals surface area contributed by atoms with Crippen molar-refractivity contribution < 1.29 is 9.31 Å². The van der Waals surface area contributed by atoms with Crippen LogP contribution in [0.2, 0.25) is 5.02 Å². The average Bonchev–Trinajstić information content (AvgIpc) is 2.48. The highest BCUT2D eigenvalue weighted by Gasteiger charge is 2.21. The third-order valence-corrected chi connectivity index (χ3v) is 3.58. The van der Waals surface area contributed by atoms with Gasteiger partial charge in [0.1, 0.15) is 5.82 Å². The van der Waals surface area contributed by atoms with E-state index >= 15 is 0 Å². The number of rotatable bonds is 5. The lowest BCUT2D eigenvalue weighted by molar-refractivity contribution is -0.385. The maximum Gasteiger partial charge on any atom is 0.274 e. The van der Waals surface area contributed by atoms with Gasteiger partial charge < -0.3 is 5.32 Å². The smallest absolute Gasteiger partial charge is 0.274 e. The van der Waals surface area contributed by atoms with Crippen LogP contribution in [0.5, 0.6) is 0 Å². The molecule has 0 spiro atoms. The molecule has 0 saturated heterocycles.